The molecule has 0 bridgehead atoms. The number of nitro groups is 1. The molecule has 0 fully saturated rings. The van der Waals surface area contributed by atoms with Crippen molar-refractivity contribution in [3.63, 3.8) is 0 Å². The highest BCUT2D eigenvalue weighted by Gasteiger charge is 2.06. The number of hydrogen-bond donors (Lipinski definition) is 0. The van der Waals surface area contributed by atoms with Gasteiger partial charge in [-0.25, -0.2) is 0 Å². The quantitative estimate of drug-likeness (QED) is 0.333. The summed E-state index contributed by atoms with van der Waals surface area (Å²) in [5, 5.41) is 10.5. The first-order valence-corrected chi connectivity index (χ1v) is 7.76. The van der Waals surface area contributed by atoms with E-state index < -0.39 is 4.92 Å². The first-order valence-electron chi connectivity index (χ1n) is 6.37. The Labute approximate surface area is 128 Å². The maximum atomic E-state index is 10.5. The summed E-state index contributed by atoms with van der Waals surface area (Å²) < 4.78 is 6.39. The fourth-order valence-electron chi connectivity index (χ4n) is 1.53. The second-order valence-corrected chi connectivity index (χ2v) is 5.61. The van der Waals surface area contributed by atoms with E-state index >= 15 is 0 Å². The van der Waals surface area contributed by atoms with Crippen LogP contribution in [0.25, 0.3) is 0 Å². The highest BCUT2D eigenvalue weighted by Crippen LogP contribution is 2.17. The van der Waals surface area contributed by atoms with Gasteiger partial charge in [-0.15, -0.1) is 0 Å². The third kappa shape index (κ3) is 5.34. The smallest absolute Gasteiger partial charge is 0.269 e. The molecule has 5 nitrogen and oxygen atoms in total. The van der Waals surface area contributed by atoms with Gasteiger partial charge in [0, 0.05) is 31.0 Å². The van der Waals surface area contributed by atoms with E-state index in [4.69, 9.17) is 17.0 Å². The summed E-state index contributed by atoms with van der Waals surface area (Å²) in [5.74, 6) is 1.39. The summed E-state index contributed by atoms with van der Waals surface area (Å²) in [6.45, 7) is 6.48. The van der Waals surface area contributed by atoms with Crippen LogP contribution in [0.4, 0.5) is 5.69 Å². The molecule has 0 N–H and O–H groups in total. The Morgan fingerprint density at radius 1 is 1.35 bits per heavy atom. The number of nitro benzene ring substituents is 1. The molecule has 7 heteroatoms. The number of rotatable bonds is 7. The molecule has 0 atom stereocenters. The van der Waals surface area contributed by atoms with Crippen LogP contribution in [0.15, 0.2) is 24.3 Å². The number of thioether (sulfide) groups is 1. The van der Waals surface area contributed by atoms with Crippen molar-refractivity contribution in [3.05, 3.63) is 34.4 Å². The van der Waals surface area contributed by atoms with Crippen LogP contribution in [-0.4, -0.2) is 39.6 Å². The highest BCUT2D eigenvalue weighted by molar-refractivity contribution is 8.22. The Balaban J connectivity index is 2.30. The average molecular weight is 314 g/mol. The average Bonchev–Trinajstić information content (AvgIpc) is 2.45. The molecule has 0 aromatic heterocycles. The van der Waals surface area contributed by atoms with E-state index in [9.17, 15) is 10.1 Å². The molecule has 1 aromatic carbocycles. The standard InChI is InChI=1S/C13H18N2O3S2/c1-3-14(4-2)13(19)20-10-9-18-12-7-5-11(6-8-12)15(16)17/h5-8H,3-4,9-10H2,1-2H3. The van der Waals surface area contributed by atoms with Gasteiger partial charge in [-0.2, -0.15) is 0 Å². The third-order valence-corrected chi connectivity index (χ3v) is 4.13. The summed E-state index contributed by atoms with van der Waals surface area (Å²) in [6.07, 6.45) is 0. The summed E-state index contributed by atoms with van der Waals surface area (Å²) >= 11 is 6.89. The van der Waals surface area contributed by atoms with Crippen molar-refractivity contribution >= 4 is 34.0 Å². The normalized spacial score (nSPS) is 10.1. The lowest BCUT2D eigenvalue weighted by molar-refractivity contribution is -0.384. The minimum Gasteiger partial charge on any atom is -0.493 e. The highest BCUT2D eigenvalue weighted by atomic mass is 32.2. The maximum Gasteiger partial charge on any atom is 0.269 e. The van der Waals surface area contributed by atoms with Gasteiger partial charge in [-0.05, 0) is 26.0 Å². The SMILES string of the molecule is CCN(CC)C(=S)SCCOc1ccc([N+](=O)[O-])cc1. The molecule has 0 unspecified atom stereocenters. The molecule has 0 saturated heterocycles. The lowest BCUT2D eigenvalue weighted by Crippen LogP contribution is -2.27. The lowest BCUT2D eigenvalue weighted by atomic mass is 10.3. The third-order valence-electron chi connectivity index (χ3n) is 2.65. The first-order chi connectivity index (χ1) is 9.58. The van der Waals surface area contributed by atoms with Crippen LogP contribution >= 0.6 is 24.0 Å². The predicted molar refractivity (Wildman–Crippen MR) is 86.6 cm³/mol. The predicted octanol–water partition coefficient (Wildman–Crippen LogP) is 3.33. The fraction of sp³-hybridized carbons (Fsp3) is 0.462. The molecule has 20 heavy (non-hydrogen) atoms. The summed E-state index contributed by atoms with van der Waals surface area (Å²) in [4.78, 5) is 12.2. The Hall–Kier alpha value is -1.34. The Morgan fingerprint density at radius 2 is 1.95 bits per heavy atom. The number of benzene rings is 1. The van der Waals surface area contributed by atoms with Crippen molar-refractivity contribution < 1.29 is 9.66 Å². The Kier molecular flexibility index (Phi) is 7.32. The molecule has 0 amide bonds. The van der Waals surface area contributed by atoms with Crippen LogP contribution in [0.1, 0.15) is 13.8 Å². The topological polar surface area (TPSA) is 55.6 Å². The van der Waals surface area contributed by atoms with Gasteiger partial charge in [-0.3, -0.25) is 10.1 Å². The molecule has 0 saturated carbocycles. The summed E-state index contributed by atoms with van der Waals surface area (Å²) in [6, 6.07) is 6.07. The van der Waals surface area contributed by atoms with Gasteiger partial charge >= 0.3 is 0 Å². The number of ether oxygens (including phenoxy) is 1. The largest absolute Gasteiger partial charge is 0.493 e. The van der Waals surface area contributed by atoms with Crippen LogP contribution in [0, 0.1) is 10.1 Å². The van der Waals surface area contributed by atoms with Crippen molar-refractivity contribution in [2.24, 2.45) is 0 Å². The van der Waals surface area contributed by atoms with E-state index in [0.29, 0.717) is 12.4 Å². The summed E-state index contributed by atoms with van der Waals surface area (Å²) in [7, 11) is 0. The van der Waals surface area contributed by atoms with Gasteiger partial charge in [-0.1, -0.05) is 24.0 Å². The van der Waals surface area contributed by atoms with E-state index in [0.717, 1.165) is 23.2 Å². The number of non-ortho nitro benzene ring substituents is 1. The molecule has 0 radical (unpaired) electrons. The minimum absolute atomic E-state index is 0.0643. The molecule has 1 aromatic rings. The molecule has 1 rings (SSSR count). The summed E-state index contributed by atoms with van der Waals surface area (Å²) in [5.41, 5.74) is 0.0643. The van der Waals surface area contributed by atoms with Crippen molar-refractivity contribution in [1.29, 1.82) is 0 Å². The monoisotopic (exact) mass is 314 g/mol. The molecule has 0 aliphatic carbocycles. The van der Waals surface area contributed by atoms with Gasteiger partial charge in [0.05, 0.1) is 11.5 Å². The van der Waals surface area contributed by atoms with E-state index in [1.54, 1.807) is 23.9 Å². The van der Waals surface area contributed by atoms with Crippen LogP contribution in [0.3, 0.4) is 0 Å². The van der Waals surface area contributed by atoms with Gasteiger partial charge in [0.1, 0.15) is 10.1 Å². The van der Waals surface area contributed by atoms with Crippen LogP contribution < -0.4 is 4.74 Å². The zero-order chi connectivity index (χ0) is 15.0. The van der Waals surface area contributed by atoms with E-state index in [1.807, 2.05) is 0 Å². The van der Waals surface area contributed by atoms with E-state index in [2.05, 4.69) is 18.7 Å². The minimum atomic E-state index is -0.428. The van der Waals surface area contributed by atoms with Crippen molar-refractivity contribution in [3.8, 4) is 5.75 Å². The van der Waals surface area contributed by atoms with Crippen LogP contribution in [0.2, 0.25) is 0 Å². The number of thiocarbonyl (C=S) groups is 1. The molecule has 0 aliphatic heterocycles. The molecule has 0 spiro atoms. The molecular formula is C13H18N2O3S2. The fourth-order valence-corrected chi connectivity index (χ4v) is 2.82. The van der Waals surface area contributed by atoms with Crippen molar-refractivity contribution in [1.82, 2.24) is 4.90 Å². The molecule has 0 heterocycles. The molecule has 110 valence electrons. The zero-order valence-corrected chi connectivity index (χ0v) is 13.2. The Bertz CT molecular complexity index is 447. The zero-order valence-electron chi connectivity index (χ0n) is 11.6. The van der Waals surface area contributed by atoms with E-state index in [1.165, 1.54) is 12.1 Å². The van der Waals surface area contributed by atoms with Gasteiger partial charge in [0.15, 0.2) is 0 Å². The second kappa shape index (κ2) is 8.76. The Morgan fingerprint density at radius 3 is 2.45 bits per heavy atom. The van der Waals surface area contributed by atoms with Crippen molar-refractivity contribution in [2.45, 2.75) is 13.8 Å². The van der Waals surface area contributed by atoms with Gasteiger partial charge in [0.25, 0.3) is 5.69 Å². The van der Waals surface area contributed by atoms with Gasteiger partial charge < -0.3 is 9.64 Å². The molecular weight excluding hydrogens is 296 g/mol. The number of nitrogens with zero attached hydrogens (tertiary/aromatic N) is 2. The molecule has 0 aliphatic rings. The maximum absolute atomic E-state index is 10.5. The number of hydrogen-bond acceptors (Lipinski definition) is 5. The second-order valence-electron chi connectivity index (χ2n) is 3.89. The van der Waals surface area contributed by atoms with Gasteiger partial charge in [0.2, 0.25) is 0 Å². The van der Waals surface area contributed by atoms with Crippen molar-refractivity contribution in [2.75, 3.05) is 25.4 Å². The van der Waals surface area contributed by atoms with Crippen LogP contribution in [0.5, 0.6) is 5.75 Å². The first kappa shape index (κ1) is 16.7. The lowest BCUT2D eigenvalue weighted by Gasteiger charge is -2.20. The van der Waals surface area contributed by atoms with Crippen LogP contribution in [-0.2, 0) is 0 Å². The van der Waals surface area contributed by atoms with E-state index in [-0.39, 0.29) is 5.69 Å².